The van der Waals surface area contributed by atoms with E-state index < -0.39 is 17.4 Å². The summed E-state index contributed by atoms with van der Waals surface area (Å²) in [6, 6.07) is 1.07. The van der Waals surface area contributed by atoms with Gasteiger partial charge in [0.1, 0.15) is 9.39 Å². The molecule has 0 aliphatic rings. The van der Waals surface area contributed by atoms with Gasteiger partial charge in [0.2, 0.25) is 0 Å². The minimum atomic E-state index is -4.79. The highest BCUT2D eigenvalue weighted by Crippen LogP contribution is 2.28. The van der Waals surface area contributed by atoms with E-state index in [2.05, 4.69) is 9.72 Å². The van der Waals surface area contributed by atoms with E-state index in [4.69, 9.17) is 11.6 Å². The van der Waals surface area contributed by atoms with Crippen molar-refractivity contribution in [3.8, 4) is 5.75 Å². The summed E-state index contributed by atoms with van der Waals surface area (Å²) < 4.78 is 39.5. The molecule has 0 fully saturated rings. The highest BCUT2D eigenvalue weighted by molar-refractivity contribution is 14.1. The highest BCUT2D eigenvalue weighted by Gasteiger charge is 2.32. The van der Waals surface area contributed by atoms with E-state index in [0.717, 1.165) is 6.07 Å². The van der Waals surface area contributed by atoms with E-state index in [-0.39, 0.29) is 15.0 Å². The summed E-state index contributed by atoms with van der Waals surface area (Å²) in [5.41, 5.74) is 0.139. The van der Waals surface area contributed by atoms with Gasteiger partial charge in [0.05, 0.1) is 0 Å². The summed E-state index contributed by atoms with van der Waals surface area (Å²) in [7, 11) is 0. The van der Waals surface area contributed by atoms with E-state index in [0.29, 0.717) is 0 Å². The van der Waals surface area contributed by atoms with Crippen molar-refractivity contribution >= 4 is 39.4 Å². The number of hydrogen-bond donors (Lipinski definition) is 0. The number of aryl methyl sites for hydroxylation is 1. The zero-order chi connectivity index (χ0) is 12.5. The summed E-state index contributed by atoms with van der Waals surface area (Å²) in [5.74, 6) is -0.452. The fourth-order valence-electron chi connectivity index (χ4n) is 0.961. The monoisotopic (exact) mass is 365 g/mol. The maximum atomic E-state index is 12.0. The van der Waals surface area contributed by atoms with Crippen molar-refractivity contribution in [3.05, 3.63) is 21.0 Å². The first kappa shape index (κ1) is 13.5. The van der Waals surface area contributed by atoms with E-state index in [1.54, 1.807) is 0 Å². The molecule has 0 bridgehead atoms. The first-order valence-electron chi connectivity index (χ1n) is 3.83. The first-order valence-corrected chi connectivity index (χ1v) is 5.29. The van der Waals surface area contributed by atoms with E-state index >= 15 is 0 Å². The highest BCUT2D eigenvalue weighted by atomic mass is 127. The molecule has 0 N–H and O–H groups in total. The normalized spacial score (nSPS) is 11.4. The number of alkyl halides is 3. The van der Waals surface area contributed by atoms with Crippen molar-refractivity contribution in [2.75, 3.05) is 0 Å². The van der Waals surface area contributed by atoms with Gasteiger partial charge in [-0.2, -0.15) is 0 Å². The molecule has 0 atom stereocenters. The molecule has 1 heterocycles. The quantitative estimate of drug-likeness (QED) is 0.459. The van der Waals surface area contributed by atoms with Crippen molar-refractivity contribution in [2.24, 2.45) is 0 Å². The molecular formula is C8H4ClF3INO2. The Balaban J connectivity index is 3.16. The predicted molar refractivity (Wildman–Crippen MR) is 58.6 cm³/mol. The van der Waals surface area contributed by atoms with Gasteiger partial charge >= 0.3 is 6.36 Å². The number of ether oxygens (including phenoxy) is 1. The third-order valence-electron chi connectivity index (χ3n) is 1.55. The van der Waals surface area contributed by atoms with Crippen LogP contribution in [-0.2, 0) is 0 Å². The molecule has 0 aliphatic carbocycles. The molecule has 0 spiro atoms. The molecular weight excluding hydrogens is 361 g/mol. The molecule has 3 nitrogen and oxygen atoms in total. The largest absolute Gasteiger partial charge is 0.573 e. The Morgan fingerprint density at radius 1 is 1.56 bits per heavy atom. The standard InChI is InChI=1S/C8H4ClF3INO2/c1-3-2-4(16-8(10,11)12)7(13)14-5(3)6(9)15/h2H,1H3. The summed E-state index contributed by atoms with van der Waals surface area (Å²) in [5, 5.41) is -0.825. The molecule has 8 heteroatoms. The minimum absolute atomic E-state index is 0.0791. The van der Waals surface area contributed by atoms with Gasteiger partial charge in [0, 0.05) is 0 Å². The van der Waals surface area contributed by atoms with Crippen LogP contribution in [0, 0.1) is 10.6 Å². The molecule has 0 saturated carbocycles. The first-order chi connectivity index (χ1) is 7.20. The molecule has 0 saturated heterocycles. The van der Waals surface area contributed by atoms with Crippen LogP contribution in [0.15, 0.2) is 6.07 Å². The maximum Gasteiger partial charge on any atom is 0.573 e. The van der Waals surface area contributed by atoms with Crippen molar-refractivity contribution in [2.45, 2.75) is 13.3 Å². The topological polar surface area (TPSA) is 39.2 Å². The van der Waals surface area contributed by atoms with Crippen LogP contribution in [0.25, 0.3) is 0 Å². The summed E-state index contributed by atoms with van der Waals surface area (Å²) in [6.07, 6.45) is -4.79. The molecule has 0 unspecified atom stereocenters. The van der Waals surface area contributed by atoms with Gasteiger partial charge in [-0.1, -0.05) is 0 Å². The number of carbonyl (C=O) groups excluding carboxylic acids is 1. The number of aromatic nitrogens is 1. The number of pyridine rings is 1. The zero-order valence-electron chi connectivity index (χ0n) is 7.73. The van der Waals surface area contributed by atoms with E-state index in [1.165, 1.54) is 29.5 Å². The Morgan fingerprint density at radius 2 is 2.12 bits per heavy atom. The van der Waals surface area contributed by atoms with Gasteiger partial charge in [-0.15, -0.1) is 13.2 Å². The smallest absolute Gasteiger partial charge is 0.403 e. The van der Waals surface area contributed by atoms with Gasteiger partial charge in [-0.25, -0.2) is 4.98 Å². The van der Waals surface area contributed by atoms with Crippen molar-refractivity contribution in [3.63, 3.8) is 0 Å². The third kappa shape index (κ3) is 3.48. The van der Waals surface area contributed by atoms with Crippen LogP contribution in [0.5, 0.6) is 5.75 Å². The Morgan fingerprint density at radius 3 is 2.56 bits per heavy atom. The molecule has 88 valence electrons. The Hall–Kier alpha value is -0.570. The van der Waals surface area contributed by atoms with Gasteiger partial charge < -0.3 is 4.74 Å². The second-order valence-corrected chi connectivity index (χ2v) is 4.13. The van der Waals surface area contributed by atoms with Crippen LogP contribution in [-0.4, -0.2) is 16.6 Å². The number of carbonyl (C=O) groups is 1. The van der Waals surface area contributed by atoms with Crippen LogP contribution in [0.2, 0.25) is 0 Å². The van der Waals surface area contributed by atoms with Crippen LogP contribution < -0.4 is 4.74 Å². The van der Waals surface area contributed by atoms with Crippen molar-refractivity contribution in [1.82, 2.24) is 4.98 Å². The summed E-state index contributed by atoms with van der Waals surface area (Å²) in [6.45, 7) is 1.42. The van der Waals surface area contributed by atoms with Crippen molar-refractivity contribution < 1.29 is 22.7 Å². The molecule has 1 aromatic heterocycles. The fraction of sp³-hybridized carbons (Fsp3) is 0.250. The van der Waals surface area contributed by atoms with E-state index in [1.807, 2.05) is 0 Å². The van der Waals surface area contributed by atoms with Gasteiger partial charge in [-0.3, -0.25) is 4.79 Å². The Kier molecular flexibility index (Phi) is 4.00. The molecule has 0 aliphatic heterocycles. The average Bonchev–Trinajstić information content (AvgIpc) is 2.07. The number of rotatable bonds is 2. The lowest BCUT2D eigenvalue weighted by Crippen LogP contribution is -2.18. The second-order valence-electron chi connectivity index (χ2n) is 2.76. The SMILES string of the molecule is Cc1cc(OC(F)(F)F)c(I)nc1C(=O)Cl. The van der Waals surface area contributed by atoms with Crippen molar-refractivity contribution in [1.29, 1.82) is 0 Å². The van der Waals surface area contributed by atoms with Crippen LogP contribution in [0.3, 0.4) is 0 Å². The Bertz CT molecular complexity index is 436. The lowest BCUT2D eigenvalue weighted by atomic mass is 10.2. The second kappa shape index (κ2) is 4.74. The molecule has 0 radical (unpaired) electrons. The summed E-state index contributed by atoms with van der Waals surface area (Å²) >= 11 is 6.73. The maximum absolute atomic E-state index is 12.0. The fourth-order valence-corrected chi connectivity index (χ4v) is 1.66. The molecule has 16 heavy (non-hydrogen) atoms. The summed E-state index contributed by atoms with van der Waals surface area (Å²) in [4.78, 5) is 14.5. The zero-order valence-corrected chi connectivity index (χ0v) is 10.6. The van der Waals surface area contributed by atoms with Crippen LogP contribution in [0.4, 0.5) is 13.2 Å². The number of nitrogens with zero attached hydrogens (tertiary/aromatic N) is 1. The lowest BCUT2D eigenvalue weighted by Gasteiger charge is -2.11. The van der Waals surface area contributed by atoms with Crippen LogP contribution >= 0.6 is 34.2 Å². The van der Waals surface area contributed by atoms with Gasteiger partial charge in [-0.05, 0) is 52.7 Å². The molecule has 1 rings (SSSR count). The molecule has 0 aromatic carbocycles. The molecule has 0 amide bonds. The third-order valence-corrected chi connectivity index (χ3v) is 2.50. The Labute approximate surface area is 107 Å². The number of halogens is 5. The minimum Gasteiger partial charge on any atom is -0.403 e. The molecule has 1 aromatic rings. The predicted octanol–water partition coefficient (Wildman–Crippen LogP) is 3.27. The average molecular weight is 365 g/mol. The van der Waals surface area contributed by atoms with Gasteiger partial charge in [0.25, 0.3) is 5.24 Å². The lowest BCUT2D eigenvalue weighted by molar-refractivity contribution is -0.275. The van der Waals surface area contributed by atoms with Gasteiger partial charge in [0.15, 0.2) is 5.75 Å². The van der Waals surface area contributed by atoms with E-state index in [9.17, 15) is 18.0 Å². The van der Waals surface area contributed by atoms with Crippen LogP contribution in [0.1, 0.15) is 16.1 Å². The number of hydrogen-bond acceptors (Lipinski definition) is 3.